The van der Waals surface area contributed by atoms with Gasteiger partial charge < -0.3 is 5.32 Å². The molecule has 0 spiro atoms. The molecule has 1 aromatic heterocycles. The Labute approximate surface area is 124 Å². The Morgan fingerprint density at radius 2 is 2.14 bits per heavy atom. The molecule has 1 aliphatic rings. The third-order valence-corrected chi connectivity index (χ3v) is 4.20. The van der Waals surface area contributed by atoms with Gasteiger partial charge in [-0.2, -0.15) is 0 Å². The number of aromatic nitrogens is 2. The molecule has 0 radical (unpaired) electrons. The minimum absolute atomic E-state index is 0.191. The highest BCUT2D eigenvalue weighted by molar-refractivity contribution is 5.56. The summed E-state index contributed by atoms with van der Waals surface area (Å²) in [5.74, 6) is 0.498. The minimum Gasteiger partial charge on any atom is -0.313 e. The van der Waals surface area contributed by atoms with Crippen LogP contribution < -0.4 is 5.32 Å². The lowest BCUT2D eigenvalue weighted by atomic mass is 10.0. The van der Waals surface area contributed by atoms with Crippen molar-refractivity contribution < 1.29 is 4.39 Å². The van der Waals surface area contributed by atoms with Gasteiger partial charge in [-0.05, 0) is 57.0 Å². The van der Waals surface area contributed by atoms with E-state index in [1.54, 1.807) is 13.0 Å². The molecule has 1 N–H and O–H groups in total. The van der Waals surface area contributed by atoms with E-state index in [-0.39, 0.29) is 5.82 Å². The lowest BCUT2D eigenvalue weighted by molar-refractivity contribution is 0.532. The number of fused-ring (bicyclic) bond motifs is 1. The summed E-state index contributed by atoms with van der Waals surface area (Å²) in [5, 5.41) is 3.35. The maximum absolute atomic E-state index is 13.4. The lowest BCUT2D eigenvalue weighted by Gasteiger charge is -2.16. The monoisotopic (exact) mass is 285 g/mol. The molecule has 0 bridgehead atoms. The number of hydrogen-bond donors (Lipinski definition) is 1. The number of benzene rings is 1. The van der Waals surface area contributed by atoms with E-state index in [1.165, 1.54) is 18.1 Å². The van der Waals surface area contributed by atoms with Crippen LogP contribution in [0.5, 0.6) is 0 Å². The quantitative estimate of drug-likeness (QED) is 0.857. The summed E-state index contributed by atoms with van der Waals surface area (Å²) in [4.78, 5) is 9.24. The Balaban J connectivity index is 2.02. The smallest absolute Gasteiger partial charge is 0.159 e. The number of halogens is 1. The van der Waals surface area contributed by atoms with Gasteiger partial charge in [-0.3, -0.25) is 0 Å². The summed E-state index contributed by atoms with van der Waals surface area (Å²) in [7, 11) is 1.98. The first-order valence-corrected chi connectivity index (χ1v) is 7.48. The van der Waals surface area contributed by atoms with Crippen LogP contribution in [-0.4, -0.2) is 17.0 Å². The minimum atomic E-state index is -0.191. The van der Waals surface area contributed by atoms with E-state index in [0.717, 1.165) is 30.5 Å². The predicted molar refractivity (Wildman–Crippen MR) is 81.5 cm³/mol. The molecule has 21 heavy (non-hydrogen) atoms. The Bertz CT molecular complexity index is 654. The molecule has 0 saturated carbocycles. The van der Waals surface area contributed by atoms with Crippen molar-refractivity contribution in [2.45, 2.75) is 38.6 Å². The van der Waals surface area contributed by atoms with Crippen molar-refractivity contribution in [3.8, 4) is 11.4 Å². The fourth-order valence-electron chi connectivity index (χ4n) is 2.94. The van der Waals surface area contributed by atoms with E-state index in [9.17, 15) is 4.39 Å². The normalized spacial score (nSPS) is 18.1. The van der Waals surface area contributed by atoms with Gasteiger partial charge in [0, 0.05) is 29.1 Å². The fourth-order valence-corrected chi connectivity index (χ4v) is 2.94. The summed E-state index contributed by atoms with van der Waals surface area (Å²) in [6.07, 6.45) is 6.41. The Kier molecular flexibility index (Phi) is 3.97. The van der Waals surface area contributed by atoms with Crippen molar-refractivity contribution in [1.29, 1.82) is 0 Å². The standard InChI is InChI=1S/C17H20FN3/c1-11-9-12(7-8-14(11)18)17-20-10-13-15(19-2)5-3-4-6-16(13)21-17/h7-10,15,19H,3-6H2,1-2H3. The van der Waals surface area contributed by atoms with Crippen molar-refractivity contribution in [1.82, 2.24) is 15.3 Å². The van der Waals surface area contributed by atoms with Gasteiger partial charge in [0.05, 0.1) is 0 Å². The van der Waals surface area contributed by atoms with Crippen LogP contribution in [0.4, 0.5) is 4.39 Å². The molecule has 3 nitrogen and oxygen atoms in total. The molecule has 2 aromatic rings. The fraction of sp³-hybridized carbons (Fsp3) is 0.412. The zero-order valence-electron chi connectivity index (χ0n) is 12.5. The zero-order valence-corrected chi connectivity index (χ0v) is 12.5. The Morgan fingerprint density at radius 1 is 1.29 bits per heavy atom. The van der Waals surface area contributed by atoms with Crippen LogP contribution in [-0.2, 0) is 6.42 Å². The van der Waals surface area contributed by atoms with Crippen LogP contribution in [0.3, 0.4) is 0 Å². The third kappa shape index (κ3) is 2.81. The van der Waals surface area contributed by atoms with Crippen LogP contribution in [0.1, 0.15) is 42.1 Å². The van der Waals surface area contributed by atoms with Gasteiger partial charge >= 0.3 is 0 Å². The average Bonchev–Trinajstić information content (AvgIpc) is 2.71. The Hall–Kier alpha value is -1.81. The number of nitrogens with zero attached hydrogens (tertiary/aromatic N) is 2. The van der Waals surface area contributed by atoms with E-state index in [0.29, 0.717) is 17.4 Å². The SMILES string of the molecule is CNC1CCCCc2nc(-c3ccc(F)c(C)c3)ncc21. The molecule has 1 heterocycles. The van der Waals surface area contributed by atoms with Crippen LogP contribution in [0.15, 0.2) is 24.4 Å². The number of nitrogens with one attached hydrogen (secondary N) is 1. The van der Waals surface area contributed by atoms with E-state index in [1.807, 2.05) is 19.3 Å². The molecule has 0 amide bonds. The van der Waals surface area contributed by atoms with Crippen molar-refractivity contribution in [2.24, 2.45) is 0 Å². The second-order valence-corrected chi connectivity index (χ2v) is 5.65. The number of rotatable bonds is 2. The highest BCUT2D eigenvalue weighted by atomic mass is 19.1. The average molecular weight is 285 g/mol. The molecule has 0 saturated heterocycles. The lowest BCUT2D eigenvalue weighted by Crippen LogP contribution is -2.17. The van der Waals surface area contributed by atoms with Gasteiger partial charge in [0.25, 0.3) is 0 Å². The maximum Gasteiger partial charge on any atom is 0.159 e. The van der Waals surface area contributed by atoms with Crippen molar-refractivity contribution in [3.63, 3.8) is 0 Å². The third-order valence-electron chi connectivity index (χ3n) is 4.20. The van der Waals surface area contributed by atoms with Crippen LogP contribution in [0.2, 0.25) is 0 Å². The molecule has 1 unspecified atom stereocenters. The van der Waals surface area contributed by atoms with Gasteiger partial charge in [-0.25, -0.2) is 14.4 Å². The van der Waals surface area contributed by atoms with Crippen molar-refractivity contribution >= 4 is 0 Å². The van der Waals surface area contributed by atoms with Gasteiger partial charge in [0.15, 0.2) is 5.82 Å². The molecule has 4 heteroatoms. The van der Waals surface area contributed by atoms with E-state index in [2.05, 4.69) is 10.3 Å². The van der Waals surface area contributed by atoms with Crippen LogP contribution >= 0.6 is 0 Å². The molecule has 0 aliphatic heterocycles. The molecule has 1 aromatic carbocycles. The second-order valence-electron chi connectivity index (χ2n) is 5.65. The Morgan fingerprint density at radius 3 is 2.90 bits per heavy atom. The number of hydrogen-bond acceptors (Lipinski definition) is 3. The summed E-state index contributed by atoms with van der Waals surface area (Å²) in [5.41, 5.74) is 3.83. The highest BCUT2D eigenvalue weighted by Crippen LogP contribution is 2.28. The second kappa shape index (κ2) is 5.90. The van der Waals surface area contributed by atoms with E-state index in [4.69, 9.17) is 4.98 Å². The zero-order chi connectivity index (χ0) is 14.8. The first-order chi connectivity index (χ1) is 10.2. The predicted octanol–water partition coefficient (Wildman–Crippen LogP) is 3.58. The van der Waals surface area contributed by atoms with Gasteiger partial charge in [-0.1, -0.05) is 6.42 Å². The molecule has 1 atom stereocenters. The summed E-state index contributed by atoms with van der Waals surface area (Å²) in [6, 6.07) is 5.38. The molecule has 3 rings (SSSR count). The van der Waals surface area contributed by atoms with E-state index >= 15 is 0 Å². The highest BCUT2D eigenvalue weighted by Gasteiger charge is 2.19. The van der Waals surface area contributed by atoms with Gasteiger partial charge in [0.1, 0.15) is 5.82 Å². The summed E-state index contributed by atoms with van der Waals surface area (Å²) >= 11 is 0. The first kappa shape index (κ1) is 14.1. The largest absolute Gasteiger partial charge is 0.313 e. The van der Waals surface area contributed by atoms with Crippen LogP contribution in [0, 0.1) is 12.7 Å². The maximum atomic E-state index is 13.4. The first-order valence-electron chi connectivity index (χ1n) is 7.48. The van der Waals surface area contributed by atoms with Gasteiger partial charge in [0.2, 0.25) is 0 Å². The topological polar surface area (TPSA) is 37.8 Å². The van der Waals surface area contributed by atoms with Crippen LogP contribution in [0.25, 0.3) is 11.4 Å². The van der Waals surface area contributed by atoms with Crippen molar-refractivity contribution in [3.05, 3.63) is 47.0 Å². The molecular weight excluding hydrogens is 265 g/mol. The summed E-state index contributed by atoms with van der Waals surface area (Å²) < 4.78 is 13.4. The molecule has 0 fully saturated rings. The summed E-state index contributed by atoms with van der Waals surface area (Å²) in [6.45, 7) is 1.76. The van der Waals surface area contributed by atoms with Crippen molar-refractivity contribution in [2.75, 3.05) is 7.05 Å². The van der Waals surface area contributed by atoms with Gasteiger partial charge in [-0.15, -0.1) is 0 Å². The molecule has 110 valence electrons. The molecule has 1 aliphatic carbocycles. The molecular formula is C17H20FN3. The van der Waals surface area contributed by atoms with E-state index < -0.39 is 0 Å². The number of aryl methyl sites for hydroxylation is 2.